The molecule has 15 heavy (non-hydrogen) atoms. The highest BCUT2D eigenvalue weighted by Crippen LogP contribution is 2.06. The number of ketones is 1. The van der Waals surface area contributed by atoms with Crippen molar-refractivity contribution in [1.82, 2.24) is 4.98 Å². The predicted octanol–water partition coefficient (Wildman–Crippen LogP) is 1.85. The molecule has 0 aromatic carbocycles. The largest absolute Gasteiger partial charge is 0.462 e. The van der Waals surface area contributed by atoms with E-state index < -0.39 is 5.97 Å². The van der Waals surface area contributed by atoms with Crippen LogP contribution in [0.3, 0.4) is 0 Å². The first-order valence-electron chi connectivity index (χ1n) is 4.85. The van der Waals surface area contributed by atoms with Gasteiger partial charge in [0.15, 0.2) is 5.78 Å². The third-order valence-electron chi connectivity index (χ3n) is 1.88. The van der Waals surface area contributed by atoms with Crippen molar-refractivity contribution in [1.29, 1.82) is 0 Å². The number of hydrogen-bond donors (Lipinski definition) is 0. The van der Waals surface area contributed by atoms with Crippen LogP contribution in [0.1, 0.15) is 41.1 Å². The van der Waals surface area contributed by atoms with E-state index in [-0.39, 0.29) is 5.78 Å². The average Bonchev–Trinajstić information content (AvgIpc) is 2.28. The fraction of sp³-hybridized carbons (Fsp3) is 0.364. The zero-order valence-corrected chi connectivity index (χ0v) is 8.82. The lowest BCUT2D eigenvalue weighted by Gasteiger charge is -2.02. The molecule has 0 atom stereocenters. The number of pyridine rings is 1. The number of ether oxygens (including phenoxy) is 1. The molecule has 0 N–H and O–H groups in total. The van der Waals surface area contributed by atoms with E-state index in [4.69, 9.17) is 4.74 Å². The topological polar surface area (TPSA) is 56.3 Å². The molecule has 0 aliphatic rings. The van der Waals surface area contributed by atoms with Gasteiger partial charge in [0.05, 0.1) is 12.2 Å². The molecule has 0 radical (unpaired) electrons. The van der Waals surface area contributed by atoms with Crippen molar-refractivity contribution >= 4 is 11.8 Å². The summed E-state index contributed by atoms with van der Waals surface area (Å²) in [6.07, 6.45) is 1.81. The molecular weight excluding hydrogens is 194 g/mol. The number of Topliss-reactive ketones (excluding diaryl/α,β-unsaturated/α-hetero) is 1. The fourth-order valence-corrected chi connectivity index (χ4v) is 1.11. The number of nitrogens with zero attached hydrogens (tertiary/aromatic N) is 1. The van der Waals surface area contributed by atoms with Gasteiger partial charge < -0.3 is 4.74 Å². The highest BCUT2D eigenvalue weighted by atomic mass is 16.5. The van der Waals surface area contributed by atoms with Gasteiger partial charge in [0.2, 0.25) is 0 Å². The number of carbonyl (C=O) groups excluding carboxylic acids is 2. The number of hydrogen-bond acceptors (Lipinski definition) is 4. The van der Waals surface area contributed by atoms with Crippen LogP contribution in [0, 0.1) is 0 Å². The van der Waals surface area contributed by atoms with Gasteiger partial charge >= 0.3 is 5.97 Å². The van der Waals surface area contributed by atoms with Crippen molar-refractivity contribution in [3.05, 3.63) is 29.6 Å². The third-order valence-corrected chi connectivity index (χ3v) is 1.88. The van der Waals surface area contributed by atoms with E-state index in [1.54, 1.807) is 13.8 Å². The van der Waals surface area contributed by atoms with Crippen LogP contribution in [-0.4, -0.2) is 23.3 Å². The molecule has 0 saturated heterocycles. The number of esters is 1. The highest BCUT2D eigenvalue weighted by molar-refractivity contribution is 5.97. The maximum absolute atomic E-state index is 11.3. The predicted molar refractivity (Wildman–Crippen MR) is 54.8 cm³/mol. The molecule has 1 heterocycles. The first-order chi connectivity index (χ1) is 7.19. The molecule has 1 aromatic rings. The minimum absolute atomic E-state index is 0.0823. The standard InChI is InChI=1S/C11H13NO3/c1-3-10(13)9-7-8(5-6-12-9)11(14)15-4-2/h5-7H,3-4H2,1-2H3. The van der Waals surface area contributed by atoms with Crippen LogP contribution < -0.4 is 0 Å². The molecule has 1 rings (SSSR count). The summed E-state index contributed by atoms with van der Waals surface area (Å²) in [4.78, 5) is 26.6. The zero-order chi connectivity index (χ0) is 11.3. The summed E-state index contributed by atoms with van der Waals surface area (Å²) in [5.74, 6) is -0.508. The molecule has 4 heteroatoms. The second kappa shape index (κ2) is 5.24. The first-order valence-corrected chi connectivity index (χ1v) is 4.85. The molecule has 1 aromatic heterocycles. The number of rotatable bonds is 4. The Bertz CT molecular complexity index is 374. The molecule has 80 valence electrons. The Morgan fingerprint density at radius 3 is 2.73 bits per heavy atom. The van der Waals surface area contributed by atoms with Crippen LogP contribution in [0.4, 0.5) is 0 Å². The van der Waals surface area contributed by atoms with E-state index in [0.29, 0.717) is 24.3 Å². The maximum Gasteiger partial charge on any atom is 0.338 e. The Balaban J connectivity index is 2.92. The van der Waals surface area contributed by atoms with Crippen molar-refractivity contribution in [2.45, 2.75) is 20.3 Å². The van der Waals surface area contributed by atoms with Gasteiger partial charge in [-0.05, 0) is 19.1 Å². The lowest BCUT2D eigenvalue weighted by atomic mass is 10.1. The molecule has 0 fully saturated rings. The van der Waals surface area contributed by atoms with Crippen molar-refractivity contribution in [2.75, 3.05) is 6.61 Å². The van der Waals surface area contributed by atoms with Gasteiger partial charge in [-0.15, -0.1) is 0 Å². The van der Waals surface area contributed by atoms with Gasteiger partial charge in [-0.1, -0.05) is 6.92 Å². The van der Waals surface area contributed by atoms with Gasteiger partial charge in [-0.2, -0.15) is 0 Å². The van der Waals surface area contributed by atoms with E-state index in [9.17, 15) is 9.59 Å². The second-order valence-corrected chi connectivity index (χ2v) is 2.93. The molecule has 4 nitrogen and oxygen atoms in total. The molecule has 0 saturated carbocycles. The van der Waals surface area contributed by atoms with Gasteiger partial charge in [0.25, 0.3) is 0 Å². The molecule has 0 amide bonds. The van der Waals surface area contributed by atoms with Crippen molar-refractivity contribution < 1.29 is 14.3 Å². The summed E-state index contributed by atoms with van der Waals surface area (Å²) in [5.41, 5.74) is 0.673. The summed E-state index contributed by atoms with van der Waals surface area (Å²) < 4.78 is 4.82. The maximum atomic E-state index is 11.3. The Morgan fingerprint density at radius 1 is 1.40 bits per heavy atom. The Labute approximate surface area is 88.3 Å². The van der Waals surface area contributed by atoms with E-state index >= 15 is 0 Å². The van der Waals surface area contributed by atoms with Crippen molar-refractivity contribution in [3.63, 3.8) is 0 Å². The van der Waals surface area contributed by atoms with Gasteiger partial charge in [-0.25, -0.2) is 4.79 Å². The summed E-state index contributed by atoms with van der Waals surface area (Å²) in [7, 11) is 0. The van der Waals surface area contributed by atoms with E-state index in [1.165, 1.54) is 18.3 Å². The lowest BCUT2D eigenvalue weighted by Crippen LogP contribution is -2.07. The average molecular weight is 207 g/mol. The second-order valence-electron chi connectivity index (χ2n) is 2.93. The Kier molecular flexibility index (Phi) is 3.97. The van der Waals surface area contributed by atoms with E-state index in [0.717, 1.165) is 0 Å². The minimum atomic E-state index is -0.426. The SMILES string of the molecule is CCOC(=O)c1ccnc(C(=O)CC)c1. The van der Waals surface area contributed by atoms with E-state index in [2.05, 4.69) is 4.98 Å². The van der Waals surface area contributed by atoms with Gasteiger partial charge in [0.1, 0.15) is 5.69 Å². The van der Waals surface area contributed by atoms with Gasteiger partial charge in [0, 0.05) is 12.6 Å². The van der Waals surface area contributed by atoms with E-state index in [1.807, 2.05) is 0 Å². The highest BCUT2D eigenvalue weighted by Gasteiger charge is 2.10. The molecule has 0 aliphatic carbocycles. The van der Waals surface area contributed by atoms with Crippen LogP contribution in [0.25, 0.3) is 0 Å². The summed E-state index contributed by atoms with van der Waals surface area (Å²) in [6.45, 7) is 3.80. The van der Waals surface area contributed by atoms with Gasteiger partial charge in [-0.3, -0.25) is 9.78 Å². The molecular formula is C11H13NO3. The lowest BCUT2D eigenvalue weighted by molar-refractivity contribution is 0.0526. The number of carbonyl (C=O) groups is 2. The third kappa shape index (κ3) is 2.87. The van der Waals surface area contributed by atoms with Crippen LogP contribution in [0.5, 0.6) is 0 Å². The van der Waals surface area contributed by atoms with Crippen LogP contribution in [0.15, 0.2) is 18.3 Å². The molecule has 0 bridgehead atoms. The molecule has 0 spiro atoms. The summed E-state index contributed by atoms with van der Waals surface area (Å²) in [5, 5.41) is 0. The first kappa shape index (κ1) is 11.4. The normalized spacial score (nSPS) is 9.73. The number of aromatic nitrogens is 1. The van der Waals surface area contributed by atoms with Crippen molar-refractivity contribution in [3.8, 4) is 0 Å². The van der Waals surface area contributed by atoms with Crippen LogP contribution in [-0.2, 0) is 4.74 Å². The minimum Gasteiger partial charge on any atom is -0.462 e. The summed E-state index contributed by atoms with van der Waals surface area (Å²) in [6, 6.07) is 2.99. The Morgan fingerprint density at radius 2 is 2.13 bits per heavy atom. The zero-order valence-electron chi connectivity index (χ0n) is 8.82. The van der Waals surface area contributed by atoms with Crippen molar-refractivity contribution in [2.24, 2.45) is 0 Å². The van der Waals surface area contributed by atoms with Crippen LogP contribution >= 0.6 is 0 Å². The Hall–Kier alpha value is -1.71. The van der Waals surface area contributed by atoms with Crippen LogP contribution in [0.2, 0.25) is 0 Å². The molecule has 0 unspecified atom stereocenters. The summed E-state index contributed by atoms with van der Waals surface area (Å²) >= 11 is 0. The molecule has 0 aliphatic heterocycles. The smallest absolute Gasteiger partial charge is 0.338 e. The quantitative estimate of drug-likeness (QED) is 0.558. The monoisotopic (exact) mass is 207 g/mol. The fourth-order valence-electron chi connectivity index (χ4n) is 1.11.